The summed E-state index contributed by atoms with van der Waals surface area (Å²) in [5, 5.41) is 2.87. The predicted molar refractivity (Wildman–Crippen MR) is 83.2 cm³/mol. The zero-order chi connectivity index (χ0) is 14.3. The van der Waals surface area contributed by atoms with Gasteiger partial charge in [0.15, 0.2) is 0 Å². The molecule has 3 nitrogen and oxygen atoms in total. The van der Waals surface area contributed by atoms with E-state index in [9.17, 15) is 4.79 Å². The van der Waals surface area contributed by atoms with Crippen LogP contribution < -0.4 is 11.1 Å². The summed E-state index contributed by atoms with van der Waals surface area (Å²) in [6.45, 7) is 6.61. The molecule has 0 aliphatic rings. The molecule has 0 aliphatic heterocycles. The molecule has 0 spiro atoms. The van der Waals surface area contributed by atoms with Crippen LogP contribution in [0.5, 0.6) is 0 Å². The predicted octanol–water partition coefficient (Wildman–Crippen LogP) is 2.47. The Hall–Kier alpha value is -1.44. The molecule has 0 aromatic heterocycles. The number of rotatable bonds is 3. The Morgan fingerprint density at radius 2 is 2.16 bits per heavy atom. The monoisotopic (exact) mass is 276 g/mol. The second kappa shape index (κ2) is 7.22. The molecular formula is C15H20N2OS. The third-order valence-corrected chi connectivity index (χ3v) is 3.39. The normalized spacial score (nSPS) is 10.5. The molecule has 4 heteroatoms. The highest BCUT2D eigenvalue weighted by Gasteiger charge is 2.13. The quantitative estimate of drug-likeness (QED) is 0.834. The van der Waals surface area contributed by atoms with Gasteiger partial charge in [-0.2, -0.15) is 0 Å². The van der Waals surface area contributed by atoms with Crippen LogP contribution in [0.1, 0.15) is 26.3 Å². The van der Waals surface area contributed by atoms with Crippen LogP contribution in [0.2, 0.25) is 0 Å². The highest BCUT2D eigenvalue weighted by Crippen LogP contribution is 2.23. The zero-order valence-electron chi connectivity index (χ0n) is 11.6. The van der Waals surface area contributed by atoms with Crippen LogP contribution in [0.15, 0.2) is 24.3 Å². The Balaban J connectivity index is 2.59. The van der Waals surface area contributed by atoms with Crippen LogP contribution in [0.25, 0.3) is 0 Å². The lowest BCUT2D eigenvalue weighted by atomic mass is 10.2. The molecule has 0 fully saturated rings. The second-order valence-corrected chi connectivity index (χ2v) is 6.84. The molecule has 3 N–H and O–H groups in total. The number of amides is 1. The molecule has 0 heterocycles. The second-order valence-electron chi connectivity index (χ2n) is 5.04. The fourth-order valence-corrected chi connectivity index (χ4v) is 1.94. The average Bonchev–Trinajstić information content (AvgIpc) is 2.33. The van der Waals surface area contributed by atoms with E-state index in [1.54, 1.807) is 11.8 Å². The molecule has 0 radical (unpaired) electrons. The first-order valence-electron chi connectivity index (χ1n) is 6.13. The molecule has 102 valence electrons. The van der Waals surface area contributed by atoms with E-state index in [0.717, 1.165) is 11.3 Å². The van der Waals surface area contributed by atoms with Gasteiger partial charge in [0.25, 0.3) is 0 Å². The Labute approximate surface area is 119 Å². The van der Waals surface area contributed by atoms with E-state index in [2.05, 4.69) is 37.9 Å². The first-order valence-corrected chi connectivity index (χ1v) is 7.12. The first kappa shape index (κ1) is 15.6. The van der Waals surface area contributed by atoms with E-state index in [0.29, 0.717) is 12.3 Å². The minimum Gasteiger partial charge on any atom is -0.325 e. The molecule has 19 heavy (non-hydrogen) atoms. The fourth-order valence-electron chi connectivity index (χ4n) is 1.31. The maximum absolute atomic E-state index is 11.8. The van der Waals surface area contributed by atoms with E-state index in [1.165, 1.54) is 0 Å². The summed E-state index contributed by atoms with van der Waals surface area (Å²) in [4.78, 5) is 11.8. The van der Waals surface area contributed by atoms with E-state index < -0.39 is 0 Å². The third kappa shape index (κ3) is 6.90. The van der Waals surface area contributed by atoms with Crippen molar-refractivity contribution in [2.24, 2.45) is 5.73 Å². The van der Waals surface area contributed by atoms with Gasteiger partial charge in [0.05, 0.1) is 12.3 Å². The molecule has 0 saturated heterocycles. The van der Waals surface area contributed by atoms with Crippen molar-refractivity contribution in [3.05, 3.63) is 29.8 Å². The lowest BCUT2D eigenvalue weighted by molar-refractivity contribution is -0.113. The van der Waals surface area contributed by atoms with Gasteiger partial charge >= 0.3 is 0 Å². The maximum atomic E-state index is 11.8. The number of hydrogen-bond donors (Lipinski definition) is 2. The Morgan fingerprint density at radius 1 is 1.42 bits per heavy atom. The SMILES string of the molecule is CC(C)(C)SCC(=O)Nc1cccc(C#CCN)c1. The lowest BCUT2D eigenvalue weighted by Gasteiger charge is -2.17. The van der Waals surface area contributed by atoms with Crippen molar-refractivity contribution in [1.29, 1.82) is 0 Å². The van der Waals surface area contributed by atoms with Crippen LogP contribution >= 0.6 is 11.8 Å². The van der Waals surface area contributed by atoms with Gasteiger partial charge in [0.1, 0.15) is 0 Å². The fraction of sp³-hybridized carbons (Fsp3) is 0.400. The van der Waals surface area contributed by atoms with Gasteiger partial charge in [-0.3, -0.25) is 4.79 Å². The largest absolute Gasteiger partial charge is 0.325 e. The van der Waals surface area contributed by atoms with Crippen LogP contribution in [-0.2, 0) is 4.79 Å². The summed E-state index contributed by atoms with van der Waals surface area (Å²) in [5.41, 5.74) is 6.95. The molecule has 1 aromatic carbocycles. The molecule has 1 aromatic rings. The highest BCUT2D eigenvalue weighted by atomic mass is 32.2. The summed E-state index contributed by atoms with van der Waals surface area (Å²) in [6, 6.07) is 7.46. The van der Waals surface area contributed by atoms with Gasteiger partial charge in [-0.15, -0.1) is 11.8 Å². The Morgan fingerprint density at radius 3 is 2.79 bits per heavy atom. The number of benzene rings is 1. The number of anilines is 1. The van der Waals surface area contributed by atoms with Crippen molar-refractivity contribution in [2.45, 2.75) is 25.5 Å². The average molecular weight is 276 g/mol. The highest BCUT2D eigenvalue weighted by molar-refractivity contribution is 8.01. The number of hydrogen-bond acceptors (Lipinski definition) is 3. The zero-order valence-corrected chi connectivity index (χ0v) is 12.4. The molecule has 0 saturated carbocycles. The van der Waals surface area contributed by atoms with Crippen molar-refractivity contribution in [3.63, 3.8) is 0 Å². The van der Waals surface area contributed by atoms with Gasteiger partial charge in [-0.05, 0) is 18.2 Å². The van der Waals surface area contributed by atoms with Crippen LogP contribution in [0.3, 0.4) is 0 Å². The Kier molecular flexibility index (Phi) is 5.94. The summed E-state index contributed by atoms with van der Waals surface area (Å²) >= 11 is 1.62. The van der Waals surface area contributed by atoms with Crippen molar-refractivity contribution in [2.75, 3.05) is 17.6 Å². The van der Waals surface area contributed by atoms with Gasteiger partial charge in [0.2, 0.25) is 5.91 Å². The summed E-state index contributed by atoms with van der Waals surface area (Å²) in [7, 11) is 0. The van der Waals surface area contributed by atoms with Crippen LogP contribution in [-0.4, -0.2) is 23.0 Å². The number of carbonyl (C=O) groups excluding carboxylic acids is 1. The minimum atomic E-state index is 0.00357. The molecule has 1 rings (SSSR count). The number of nitrogens with two attached hydrogens (primary N) is 1. The smallest absolute Gasteiger partial charge is 0.234 e. The van der Waals surface area contributed by atoms with E-state index in [-0.39, 0.29) is 10.7 Å². The van der Waals surface area contributed by atoms with Gasteiger partial charge in [-0.25, -0.2) is 0 Å². The summed E-state index contributed by atoms with van der Waals surface area (Å²) in [6.07, 6.45) is 0. The molecule has 1 amide bonds. The summed E-state index contributed by atoms with van der Waals surface area (Å²) in [5.74, 6) is 6.18. The van der Waals surface area contributed by atoms with Crippen LogP contribution in [0, 0.1) is 11.8 Å². The first-order chi connectivity index (χ1) is 8.90. The molecule has 0 bridgehead atoms. The van der Waals surface area contributed by atoms with Gasteiger partial charge in [0, 0.05) is 16.0 Å². The van der Waals surface area contributed by atoms with E-state index in [4.69, 9.17) is 5.73 Å². The van der Waals surface area contributed by atoms with Gasteiger partial charge < -0.3 is 11.1 Å². The number of nitrogens with one attached hydrogen (secondary N) is 1. The minimum absolute atomic E-state index is 0.00357. The summed E-state index contributed by atoms with van der Waals surface area (Å²) < 4.78 is 0.0891. The van der Waals surface area contributed by atoms with E-state index in [1.807, 2.05) is 24.3 Å². The van der Waals surface area contributed by atoms with Crippen molar-refractivity contribution < 1.29 is 4.79 Å². The molecule has 0 unspecified atom stereocenters. The molecular weight excluding hydrogens is 256 g/mol. The maximum Gasteiger partial charge on any atom is 0.234 e. The van der Waals surface area contributed by atoms with E-state index >= 15 is 0 Å². The number of carbonyl (C=O) groups is 1. The topological polar surface area (TPSA) is 55.1 Å². The standard InChI is InChI=1S/C15H20N2OS/c1-15(2,3)19-11-14(18)17-13-8-4-6-12(10-13)7-5-9-16/h4,6,8,10H,9,11,16H2,1-3H3,(H,17,18). The third-order valence-electron chi connectivity index (χ3n) is 2.12. The van der Waals surface area contributed by atoms with Gasteiger partial charge in [-0.1, -0.05) is 38.7 Å². The van der Waals surface area contributed by atoms with Crippen molar-refractivity contribution in [1.82, 2.24) is 0 Å². The van der Waals surface area contributed by atoms with Crippen LogP contribution in [0.4, 0.5) is 5.69 Å². The molecule has 0 aliphatic carbocycles. The number of thioether (sulfide) groups is 1. The Bertz CT molecular complexity index is 495. The lowest BCUT2D eigenvalue weighted by Crippen LogP contribution is -2.18. The van der Waals surface area contributed by atoms with Crippen molar-refractivity contribution in [3.8, 4) is 11.8 Å². The van der Waals surface area contributed by atoms with Crippen molar-refractivity contribution >= 4 is 23.4 Å². The molecule has 0 atom stereocenters.